The molecule has 0 fully saturated rings. The summed E-state index contributed by atoms with van der Waals surface area (Å²) in [7, 11) is 1.77. The van der Waals surface area contributed by atoms with Gasteiger partial charge in [0.25, 0.3) is 0 Å². The van der Waals surface area contributed by atoms with Crippen LogP contribution < -0.4 is 0 Å². The predicted molar refractivity (Wildman–Crippen MR) is 93.9 cm³/mol. The molecular formula is C19H41NO. The van der Waals surface area contributed by atoms with E-state index in [2.05, 4.69) is 13.8 Å². The molecule has 0 aliphatic rings. The molecule has 0 amide bonds. The summed E-state index contributed by atoms with van der Waals surface area (Å²) in [6.45, 7) is 4.43. The molecular weight excluding hydrogens is 258 g/mol. The Morgan fingerprint density at radius 1 is 0.667 bits per heavy atom. The molecule has 0 aromatic heterocycles. The average Bonchev–Trinajstić information content (AvgIpc) is 2.47. The van der Waals surface area contributed by atoms with E-state index in [9.17, 15) is 5.21 Å². The third kappa shape index (κ3) is 14.6. The highest BCUT2D eigenvalue weighted by atomic mass is 16.5. The van der Waals surface area contributed by atoms with Gasteiger partial charge in [-0.25, -0.2) is 0 Å². The van der Waals surface area contributed by atoms with Crippen LogP contribution in [0.2, 0.25) is 0 Å². The average molecular weight is 300 g/mol. The number of hydrogen-bond acceptors (Lipinski definition) is 2. The van der Waals surface area contributed by atoms with E-state index in [1.807, 2.05) is 0 Å². The highest BCUT2D eigenvalue weighted by Crippen LogP contribution is 2.14. The second-order valence-electron chi connectivity index (χ2n) is 6.67. The first-order chi connectivity index (χ1) is 10.2. The maximum Gasteiger partial charge on any atom is 0.0344 e. The van der Waals surface area contributed by atoms with Gasteiger partial charge in [-0.3, -0.25) is 0 Å². The van der Waals surface area contributed by atoms with Gasteiger partial charge in [-0.05, 0) is 12.8 Å². The molecule has 0 rings (SSSR count). The van der Waals surface area contributed by atoms with Gasteiger partial charge in [-0.2, -0.15) is 5.06 Å². The Labute approximate surface area is 134 Å². The van der Waals surface area contributed by atoms with E-state index in [0.717, 1.165) is 12.8 Å². The van der Waals surface area contributed by atoms with Crippen molar-refractivity contribution in [3.8, 4) is 0 Å². The Bertz CT molecular complexity index is 194. The SMILES string of the molecule is CCCCCCCCCCCCCCCC(CC)N(C)O. The van der Waals surface area contributed by atoms with Crippen molar-refractivity contribution in [3.05, 3.63) is 0 Å². The summed E-state index contributed by atoms with van der Waals surface area (Å²) < 4.78 is 0. The summed E-state index contributed by atoms with van der Waals surface area (Å²) in [5, 5.41) is 10.8. The first-order valence-electron chi connectivity index (χ1n) is 9.64. The van der Waals surface area contributed by atoms with Gasteiger partial charge in [0.1, 0.15) is 0 Å². The minimum absolute atomic E-state index is 0.359. The molecule has 0 radical (unpaired) electrons. The molecule has 0 heterocycles. The molecule has 1 unspecified atom stereocenters. The molecule has 128 valence electrons. The highest BCUT2D eigenvalue weighted by molar-refractivity contribution is 4.61. The standard InChI is InChI=1S/C19H41NO/c1-4-6-7-8-9-10-11-12-13-14-15-16-17-18-19(5-2)20(3)21/h19,21H,4-18H2,1-3H3. The fourth-order valence-electron chi connectivity index (χ4n) is 3.05. The molecule has 0 saturated heterocycles. The van der Waals surface area contributed by atoms with Crippen molar-refractivity contribution in [2.45, 2.75) is 116 Å². The summed E-state index contributed by atoms with van der Waals surface area (Å²) in [6.07, 6.45) is 20.4. The molecule has 1 N–H and O–H groups in total. The van der Waals surface area contributed by atoms with E-state index in [4.69, 9.17) is 0 Å². The molecule has 0 aliphatic heterocycles. The number of hydroxylamine groups is 2. The van der Waals surface area contributed by atoms with Crippen molar-refractivity contribution >= 4 is 0 Å². The summed E-state index contributed by atoms with van der Waals surface area (Å²) in [5.74, 6) is 0. The van der Waals surface area contributed by atoms with E-state index < -0.39 is 0 Å². The molecule has 21 heavy (non-hydrogen) atoms. The number of rotatable bonds is 16. The van der Waals surface area contributed by atoms with E-state index in [1.165, 1.54) is 88.5 Å². The first-order valence-corrected chi connectivity index (χ1v) is 9.64. The monoisotopic (exact) mass is 299 g/mol. The van der Waals surface area contributed by atoms with Crippen LogP contribution in [0, 0.1) is 0 Å². The van der Waals surface area contributed by atoms with Crippen molar-refractivity contribution < 1.29 is 5.21 Å². The molecule has 2 nitrogen and oxygen atoms in total. The molecule has 0 aromatic rings. The Morgan fingerprint density at radius 2 is 1.05 bits per heavy atom. The second kappa shape index (κ2) is 16.3. The van der Waals surface area contributed by atoms with Crippen molar-refractivity contribution in [1.29, 1.82) is 0 Å². The van der Waals surface area contributed by atoms with Crippen LogP contribution in [0.3, 0.4) is 0 Å². The maximum atomic E-state index is 9.44. The number of hydrogen-bond donors (Lipinski definition) is 1. The second-order valence-corrected chi connectivity index (χ2v) is 6.67. The van der Waals surface area contributed by atoms with Crippen molar-refractivity contribution in [1.82, 2.24) is 5.06 Å². The molecule has 1 atom stereocenters. The molecule has 0 aromatic carbocycles. The summed E-state index contributed by atoms with van der Waals surface area (Å²) in [6, 6.07) is 0.359. The maximum absolute atomic E-state index is 9.44. The highest BCUT2D eigenvalue weighted by Gasteiger charge is 2.09. The van der Waals surface area contributed by atoms with E-state index in [0.29, 0.717) is 6.04 Å². The van der Waals surface area contributed by atoms with E-state index >= 15 is 0 Å². The minimum atomic E-state index is 0.359. The lowest BCUT2D eigenvalue weighted by Gasteiger charge is -2.20. The largest absolute Gasteiger partial charge is 0.314 e. The van der Waals surface area contributed by atoms with Crippen LogP contribution in [0.15, 0.2) is 0 Å². The van der Waals surface area contributed by atoms with Gasteiger partial charge in [0.05, 0.1) is 0 Å². The zero-order valence-electron chi connectivity index (χ0n) is 15.1. The van der Waals surface area contributed by atoms with Gasteiger partial charge in [-0.1, -0.05) is 97.3 Å². The van der Waals surface area contributed by atoms with Gasteiger partial charge < -0.3 is 5.21 Å². The minimum Gasteiger partial charge on any atom is -0.314 e. The zero-order chi connectivity index (χ0) is 15.8. The van der Waals surface area contributed by atoms with Gasteiger partial charge in [0, 0.05) is 13.1 Å². The van der Waals surface area contributed by atoms with Gasteiger partial charge >= 0.3 is 0 Å². The van der Waals surface area contributed by atoms with Crippen LogP contribution >= 0.6 is 0 Å². The van der Waals surface area contributed by atoms with Crippen LogP contribution in [0.25, 0.3) is 0 Å². The first kappa shape index (κ1) is 20.9. The van der Waals surface area contributed by atoms with Crippen molar-refractivity contribution in [3.63, 3.8) is 0 Å². The quantitative estimate of drug-likeness (QED) is 0.257. The van der Waals surface area contributed by atoms with Crippen LogP contribution in [-0.4, -0.2) is 23.4 Å². The van der Waals surface area contributed by atoms with Crippen molar-refractivity contribution in [2.24, 2.45) is 0 Å². The normalized spacial score (nSPS) is 13.0. The zero-order valence-corrected chi connectivity index (χ0v) is 15.1. The van der Waals surface area contributed by atoms with Crippen LogP contribution in [0.1, 0.15) is 110 Å². The van der Waals surface area contributed by atoms with Crippen molar-refractivity contribution in [2.75, 3.05) is 7.05 Å². The van der Waals surface area contributed by atoms with E-state index in [-0.39, 0.29) is 0 Å². The Morgan fingerprint density at radius 3 is 1.38 bits per heavy atom. The smallest absolute Gasteiger partial charge is 0.0344 e. The van der Waals surface area contributed by atoms with Crippen LogP contribution in [0.5, 0.6) is 0 Å². The molecule has 0 aliphatic carbocycles. The van der Waals surface area contributed by atoms with Gasteiger partial charge in [-0.15, -0.1) is 0 Å². The lowest BCUT2D eigenvalue weighted by molar-refractivity contribution is -0.105. The molecule has 0 saturated carbocycles. The topological polar surface area (TPSA) is 23.5 Å². The molecule has 0 spiro atoms. The fourth-order valence-corrected chi connectivity index (χ4v) is 3.05. The third-order valence-electron chi connectivity index (χ3n) is 4.64. The predicted octanol–water partition coefficient (Wildman–Crippen LogP) is 6.57. The third-order valence-corrected chi connectivity index (χ3v) is 4.64. The summed E-state index contributed by atoms with van der Waals surface area (Å²) >= 11 is 0. The summed E-state index contributed by atoms with van der Waals surface area (Å²) in [5.41, 5.74) is 0. The molecule has 0 bridgehead atoms. The van der Waals surface area contributed by atoms with Gasteiger partial charge in [0.15, 0.2) is 0 Å². The Balaban J connectivity index is 3.12. The lowest BCUT2D eigenvalue weighted by atomic mass is 10.0. The van der Waals surface area contributed by atoms with E-state index in [1.54, 1.807) is 7.05 Å². The fraction of sp³-hybridized carbons (Fsp3) is 1.00. The summed E-state index contributed by atoms with van der Waals surface area (Å²) in [4.78, 5) is 0. The Hall–Kier alpha value is -0.0800. The van der Waals surface area contributed by atoms with Gasteiger partial charge in [0.2, 0.25) is 0 Å². The molecule has 2 heteroatoms. The van der Waals surface area contributed by atoms with Crippen LogP contribution in [-0.2, 0) is 0 Å². The number of unbranched alkanes of at least 4 members (excludes halogenated alkanes) is 12. The van der Waals surface area contributed by atoms with Crippen LogP contribution in [0.4, 0.5) is 0 Å². The lowest BCUT2D eigenvalue weighted by Crippen LogP contribution is -2.27. The Kier molecular flexibility index (Phi) is 16.2. The number of nitrogens with zero attached hydrogens (tertiary/aromatic N) is 1.